The molecule has 1 fully saturated rings. The highest BCUT2D eigenvalue weighted by molar-refractivity contribution is 5.64. The molecule has 6 N–H and O–H groups in total. The lowest BCUT2D eigenvalue weighted by Crippen LogP contribution is -2.59. The molecule has 1 aliphatic heterocycles. The van der Waals surface area contributed by atoms with Gasteiger partial charge in [0.2, 0.25) is 6.29 Å². The fourth-order valence-electron chi connectivity index (χ4n) is 1.28. The summed E-state index contributed by atoms with van der Waals surface area (Å²) in [4.78, 5) is 10.4. The van der Waals surface area contributed by atoms with Crippen LogP contribution in [0.1, 0.15) is 0 Å². The Hall–Kier alpha value is -0.930. The summed E-state index contributed by atoms with van der Waals surface area (Å²) in [5.74, 6) is 0. The zero-order valence-electron chi connectivity index (χ0n) is 7.68. The van der Waals surface area contributed by atoms with E-state index in [1.165, 1.54) is 0 Å². The van der Waals surface area contributed by atoms with Crippen LogP contribution in [-0.2, 0) is 9.47 Å². The fraction of sp³-hybridized carbons (Fsp3) is 0.857. The smallest absolute Gasteiger partial charge is 0.406 e. The van der Waals surface area contributed by atoms with E-state index in [-0.39, 0.29) is 0 Å². The average molecular weight is 223 g/mol. The summed E-state index contributed by atoms with van der Waals surface area (Å²) in [6, 6.07) is 0. The third-order valence-electron chi connectivity index (χ3n) is 2.08. The second-order valence-corrected chi connectivity index (χ2v) is 3.13. The summed E-state index contributed by atoms with van der Waals surface area (Å²) in [6.07, 6.45) is -8.50. The van der Waals surface area contributed by atoms with E-state index in [9.17, 15) is 20.1 Å². The standard InChI is InChI=1S/C7H13NO7/c8-7(13)15-6-5(12)4(11)3(10)2(1-9)14-6/h2-6,9-12H,1H2,(H2,8,13)/t2-,3-,4+,5-,6?/m1/s1. The van der Waals surface area contributed by atoms with Gasteiger partial charge in [0.15, 0.2) is 0 Å². The zero-order chi connectivity index (χ0) is 11.6. The normalized spacial score (nSPS) is 41.2. The summed E-state index contributed by atoms with van der Waals surface area (Å²) >= 11 is 0. The van der Waals surface area contributed by atoms with E-state index in [1.54, 1.807) is 0 Å². The summed E-state index contributed by atoms with van der Waals surface area (Å²) in [5, 5.41) is 36.7. The molecular weight excluding hydrogens is 210 g/mol. The molecule has 0 aliphatic carbocycles. The Labute approximate surface area is 84.8 Å². The van der Waals surface area contributed by atoms with E-state index in [0.29, 0.717) is 0 Å². The van der Waals surface area contributed by atoms with Crippen molar-refractivity contribution in [3.05, 3.63) is 0 Å². The molecule has 0 radical (unpaired) electrons. The Morgan fingerprint density at radius 3 is 2.33 bits per heavy atom. The number of aliphatic hydroxyl groups is 4. The molecule has 8 heteroatoms. The molecular formula is C7H13NO7. The molecule has 1 saturated heterocycles. The summed E-state index contributed by atoms with van der Waals surface area (Å²) < 4.78 is 9.15. The van der Waals surface area contributed by atoms with Crippen LogP contribution in [0.4, 0.5) is 4.79 Å². The summed E-state index contributed by atoms with van der Waals surface area (Å²) in [6.45, 7) is -0.594. The van der Waals surface area contributed by atoms with Crippen molar-refractivity contribution >= 4 is 6.09 Å². The Kier molecular flexibility index (Phi) is 3.83. The van der Waals surface area contributed by atoms with Gasteiger partial charge in [-0.1, -0.05) is 0 Å². The van der Waals surface area contributed by atoms with Crippen molar-refractivity contribution in [2.45, 2.75) is 30.7 Å². The number of rotatable bonds is 2. The highest BCUT2D eigenvalue weighted by Crippen LogP contribution is 2.21. The number of ether oxygens (including phenoxy) is 2. The van der Waals surface area contributed by atoms with Crippen molar-refractivity contribution in [2.24, 2.45) is 5.73 Å². The molecule has 1 rings (SSSR count). The van der Waals surface area contributed by atoms with Gasteiger partial charge in [0.1, 0.15) is 24.4 Å². The van der Waals surface area contributed by atoms with Gasteiger partial charge >= 0.3 is 6.09 Å². The molecule has 88 valence electrons. The summed E-state index contributed by atoms with van der Waals surface area (Å²) in [7, 11) is 0. The van der Waals surface area contributed by atoms with E-state index in [1.807, 2.05) is 0 Å². The number of hydrogen-bond acceptors (Lipinski definition) is 7. The molecule has 0 spiro atoms. The molecule has 1 heterocycles. The zero-order valence-corrected chi connectivity index (χ0v) is 7.68. The van der Waals surface area contributed by atoms with Gasteiger partial charge in [-0.25, -0.2) is 4.79 Å². The summed E-state index contributed by atoms with van der Waals surface area (Å²) in [5.41, 5.74) is 4.69. The molecule has 5 atom stereocenters. The minimum atomic E-state index is -1.62. The van der Waals surface area contributed by atoms with E-state index in [4.69, 9.17) is 15.6 Å². The van der Waals surface area contributed by atoms with Crippen molar-refractivity contribution in [3.8, 4) is 0 Å². The number of nitrogens with two attached hydrogens (primary N) is 1. The Bertz CT molecular complexity index is 233. The van der Waals surface area contributed by atoms with Crippen molar-refractivity contribution in [3.63, 3.8) is 0 Å². The predicted octanol–water partition coefficient (Wildman–Crippen LogP) is -3.12. The van der Waals surface area contributed by atoms with Crippen molar-refractivity contribution in [1.82, 2.24) is 0 Å². The van der Waals surface area contributed by atoms with Crippen LogP contribution < -0.4 is 5.73 Å². The van der Waals surface area contributed by atoms with E-state index >= 15 is 0 Å². The lowest BCUT2D eigenvalue weighted by molar-refractivity contribution is -0.284. The third-order valence-corrected chi connectivity index (χ3v) is 2.08. The SMILES string of the molecule is NC(=O)OC1O[C@H](CO)[C@@H](O)[C@H](O)[C@H]1O. The van der Waals surface area contributed by atoms with Crippen LogP contribution in [0.2, 0.25) is 0 Å². The van der Waals surface area contributed by atoms with E-state index < -0.39 is 43.4 Å². The van der Waals surface area contributed by atoms with Gasteiger partial charge in [-0.15, -0.1) is 0 Å². The second-order valence-electron chi connectivity index (χ2n) is 3.13. The van der Waals surface area contributed by atoms with Crippen LogP contribution >= 0.6 is 0 Å². The third kappa shape index (κ3) is 2.55. The van der Waals surface area contributed by atoms with Crippen molar-refractivity contribution in [2.75, 3.05) is 6.61 Å². The predicted molar refractivity (Wildman–Crippen MR) is 44.4 cm³/mol. The van der Waals surface area contributed by atoms with Gasteiger partial charge in [-0.05, 0) is 0 Å². The minimum absolute atomic E-state index is 0.594. The molecule has 1 aliphatic rings. The largest absolute Gasteiger partial charge is 0.417 e. The quantitative estimate of drug-likeness (QED) is 0.333. The average Bonchev–Trinajstić information content (AvgIpc) is 2.18. The van der Waals surface area contributed by atoms with Crippen molar-refractivity contribution < 1.29 is 34.7 Å². The van der Waals surface area contributed by atoms with Gasteiger partial charge in [-0.2, -0.15) is 0 Å². The maximum atomic E-state index is 10.4. The lowest BCUT2D eigenvalue weighted by atomic mass is 9.99. The number of carbonyl (C=O) groups excluding carboxylic acids is 1. The number of aliphatic hydroxyl groups excluding tert-OH is 4. The maximum absolute atomic E-state index is 10.4. The van der Waals surface area contributed by atoms with Crippen LogP contribution in [0.25, 0.3) is 0 Å². The van der Waals surface area contributed by atoms with E-state index in [2.05, 4.69) is 4.74 Å². The molecule has 0 aromatic rings. The lowest BCUT2D eigenvalue weighted by Gasteiger charge is -2.38. The molecule has 0 aromatic heterocycles. The number of carbonyl (C=O) groups is 1. The molecule has 0 saturated carbocycles. The first-order valence-corrected chi connectivity index (χ1v) is 4.24. The Morgan fingerprint density at radius 2 is 1.87 bits per heavy atom. The van der Waals surface area contributed by atoms with E-state index in [0.717, 1.165) is 0 Å². The first-order valence-electron chi connectivity index (χ1n) is 4.24. The van der Waals surface area contributed by atoms with Gasteiger partial charge in [0, 0.05) is 0 Å². The number of amides is 1. The van der Waals surface area contributed by atoms with Gasteiger partial charge in [0.05, 0.1) is 6.61 Å². The van der Waals surface area contributed by atoms with Crippen LogP contribution in [0.15, 0.2) is 0 Å². The second kappa shape index (κ2) is 4.73. The van der Waals surface area contributed by atoms with Crippen LogP contribution in [0.3, 0.4) is 0 Å². The van der Waals surface area contributed by atoms with Gasteiger partial charge < -0.3 is 35.6 Å². The van der Waals surface area contributed by atoms with Crippen molar-refractivity contribution in [1.29, 1.82) is 0 Å². The maximum Gasteiger partial charge on any atom is 0.406 e. The van der Waals surface area contributed by atoms with Crippen LogP contribution in [-0.4, -0.2) is 63.8 Å². The monoisotopic (exact) mass is 223 g/mol. The molecule has 8 nitrogen and oxygen atoms in total. The number of hydrogen-bond donors (Lipinski definition) is 5. The molecule has 0 bridgehead atoms. The van der Waals surface area contributed by atoms with Gasteiger partial charge in [0.25, 0.3) is 0 Å². The topological polar surface area (TPSA) is 142 Å². The van der Waals surface area contributed by atoms with Crippen LogP contribution in [0, 0.1) is 0 Å². The fourth-order valence-corrected chi connectivity index (χ4v) is 1.28. The molecule has 0 aromatic carbocycles. The highest BCUT2D eigenvalue weighted by Gasteiger charge is 2.45. The number of primary amides is 1. The molecule has 15 heavy (non-hydrogen) atoms. The highest BCUT2D eigenvalue weighted by atomic mass is 16.7. The Morgan fingerprint density at radius 1 is 1.27 bits per heavy atom. The van der Waals surface area contributed by atoms with Gasteiger partial charge in [-0.3, -0.25) is 0 Å². The molecule has 1 unspecified atom stereocenters. The van der Waals surface area contributed by atoms with Crippen LogP contribution in [0.5, 0.6) is 0 Å². The molecule has 1 amide bonds. The minimum Gasteiger partial charge on any atom is -0.417 e. The first-order chi connectivity index (χ1) is 6.97. The first kappa shape index (κ1) is 12.1. The Balaban J connectivity index is 2.69.